The zero-order valence-electron chi connectivity index (χ0n) is 15.2. The molecule has 5 nitrogen and oxygen atoms in total. The number of methoxy groups -OCH3 is 1. The van der Waals surface area contributed by atoms with E-state index in [0.29, 0.717) is 23.0 Å². The average molecular weight is 399 g/mol. The first kappa shape index (κ1) is 20.9. The van der Waals surface area contributed by atoms with Gasteiger partial charge in [-0.05, 0) is 49.9 Å². The summed E-state index contributed by atoms with van der Waals surface area (Å²) in [5, 5.41) is 3.21. The van der Waals surface area contributed by atoms with Crippen LogP contribution in [-0.2, 0) is 11.3 Å². The number of anilines is 1. The van der Waals surface area contributed by atoms with Crippen LogP contribution in [0.3, 0.4) is 0 Å². The van der Waals surface area contributed by atoms with Gasteiger partial charge in [0.25, 0.3) is 0 Å². The molecule has 0 heterocycles. The van der Waals surface area contributed by atoms with Crippen LogP contribution in [0, 0.1) is 0 Å². The SMILES string of the molecule is COc1ccc(NC(=O)C(C)N(C)Cc2ccc(OC(F)F)cc2)cc1Cl. The Balaban J connectivity index is 1.94. The fraction of sp³-hybridized carbons (Fsp3) is 0.316. The number of likely N-dealkylation sites (N-methyl/N-ethyl adjacent to an activating group) is 1. The lowest BCUT2D eigenvalue weighted by Gasteiger charge is -2.24. The maximum Gasteiger partial charge on any atom is 0.387 e. The Morgan fingerprint density at radius 2 is 1.89 bits per heavy atom. The summed E-state index contributed by atoms with van der Waals surface area (Å²) in [4.78, 5) is 14.3. The zero-order chi connectivity index (χ0) is 20.0. The molecular formula is C19H21ClF2N2O3. The van der Waals surface area contributed by atoms with Crippen molar-refractivity contribution in [3.05, 3.63) is 53.1 Å². The van der Waals surface area contributed by atoms with Crippen LogP contribution in [0.4, 0.5) is 14.5 Å². The molecule has 146 valence electrons. The van der Waals surface area contributed by atoms with Gasteiger partial charge in [0, 0.05) is 12.2 Å². The lowest BCUT2D eigenvalue weighted by Crippen LogP contribution is -2.39. The molecule has 2 rings (SSSR count). The fourth-order valence-electron chi connectivity index (χ4n) is 2.39. The second kappa shape index (κ2) is 9.53. The summed E-state index contributed by atoms with van der Waals surface area (Å²) in [6.45, 7) is -0.615. The van der Waals surface area contributed by atoms with E-state index >= 15 is 0 Å². The van der Waals surface area contributed by atoms with Crippen molar-refractivity contribution in [2.75, 3.05) is 19.5 Å². The number of halogens is 3. The van der Waals surface area contributed by atoms with Crippen molar-refractivity contribution in [1.29, 1.82) is 0 Å². The smallest absolute Gasteiger partial charge is 0.387 e. The van der Waals surface area contributed by atoms with Gasteiger partial charge in [0.15, 0.2) is 0 Å². The topological polar surface area (TPSA) is 50.8 Å². The fourth-order valence-corrected chi connectivity index (χ4v) is 2.65. The normalized spacial score (nSPS) is 12.1. The summed E-state index contributed by atoms with van der Waals surface area (Å²) in [5.74, 6) is 0.425. The van der Waals surface area contributed by atoms with Crippen LogP contribution in [0.25, 0.3) is 0 Å². The molecule has 0 radical (unpaired) electrons. The van der Waals surface area contributed by atoms with E-state index in [2.05, 4.69) is 10.1 Å². The van der Waals surface area contributed by atoms with Crippen molar-refractivity contribution >= 4 is 23.2 Å². The first-order valence-corrected chi connectivity index (χ1v) is 8.56. The summed E-state index contributed by atoms with van der Waals surface area (Å²) >= 11 is 6.06. The highest BCUT2D eigenvalue weighted by molar-refractivity contribution is 6.32. The van der Waals surface area contributed by atoms with Gasteiger partial charge in [0.05, 0.1) is 18.2 Å². The third-order valence-corrected chi connectivity index (χ3v) is 4.34. The number of ether oxygens (including phenoxy) is 2. The van der Waals surface area contributed by atoms with Crippen LogP contribution in [-0.4, -0.2) is 37.6 Å². The van der Waals surface area contributed by atoms with E-state index < -0.39 is 12.7 Å². The van der Waals surface area contributed by atoms with Crippen molar-refractivity contribution in [2.45, 2.75) is 26.1 Å². The van der Waals surface area contributed by atoms with E-state index in [1.807, 2.05) is 4.90 Å². The van der Waals surface area contributed by atoms with Gasteiger partial charge in [-0.1, -0.05) is 23.7 Å². The average Bonchev–Trinajstić information content (AvgIpc) is 2.62. The van der Waals surface area contributed by atoms with Gasteiger partial charge < -0.3 is 14.8 Å². The molecule has 0 saturated carbocycles. The van der Waals surface area contributed by atoms with E-state index in [9.17, 15) is 13.6 Å². The molecule has 0 aliphatic carbocycles. The molecule has 2 aromatic rings. The lowest BCUT2D eigenvalue weighted by atomic mass is 10.1. The van der Waals surface area contributed by atoms with Crippen molar-refractivity contribution in [1.82, 2.24) is 4.90 Å². The van der Waals surface area contributed by atoms with Crippen LogP contribution < -0.4 is 14.8 Å². The molecular weight excluding hydrogens is 378 g/mol. The van der Waals surface area contributed by atoms with Gasteiger partial charge in [-0.3, -0.25) is 9.69 Å². The minimum Gasteiger partial charge on any atom is -0.495 e. The molecule has 0 saturated heterocycles. The third kappa shape index (κ3) is 6.08. The maximum absolute atomic E-state index is 12.5. The van der Waals surface area contributed by atoms with E-state index in [1.54, 1.807) is 44.3 Å². The van der Waals surface area contributed by atoms with Crippen LogP contribution in [0.2, 0.25) is 5.02 Å². The number of nitrogens with zero attached hydrogens (tertiary/aromatic N) is 1. The minimum absolute atomic E-state index is 0.0959. The molecule has 0 bridgehead atoms. The van der Waals surface area contributed by atoms with Crippen LogP contribution >= 0.6 is 11.6 Å². The van der Waals surface area contributed by atoms with E-state index in [1.165, 1.54) is 19.2 Å². The van der Waals surface area contributed by atoms with Crippen molar-refractivity contribution < 1.29 is 23.0 Å². The maximum atomic E-state index is 12.5. The molecule has 0 aliphatic heterocycles. The Morgan fingerprint density at radius 3 is 2.44 bits per heavy atom. The first-order valence-electron chi connectivity index (χ1n) is 8.18. The van der Waals surface area contributed by atoms with Gasteiger partial charge >= 0.3 is 6.61 Å². The summed E-state index contributed by atoms with van der Waals surface area (Å²) < 4.78 is 33.8. The number of hydrogen-bond donors (Lipinski definition) is 1. The molecule has 2 aromatic carbocycles. The second-order valence-corrected chi connectivity index (χ2v) is 6.36. The number of nitrogens with one attached hydrogen (secondary N) is 1. The molecule has 1 amide bonds. The minimum atomic E-state index is -2.85. The number of alkyl halides is 2. The van der Waals surface area contributed by atoms with Gasteiger partial charge in [-0.15, -0.1) is 0 Å². The predicted molar refractivity (Wildman–Crippen MR) is 101 cm³/mol. The van der Waals surface area contributed by atoms with E-state index in [4.69, 9.17) is 16.3 Å². The lowest BCUT2D eigenvalue weighted by molar-refractivity contribution is -0.120. The van der Waals surface area contributed by atoms with Gasteiger partial charge in [-0.25, -0.2) is 0 Å². The van der Waals surface area contributed by atoms with Crippen molar-refractivity contribution in [2.24, 2.45) is 0 Å². The number of amides is 1. The standard InChI is InChI=1S/C19H21ClF2N2O3/c1-12(18(25)23-14-6-9-17(26-3)16(20)10-14)24(2)11-13-4-7-15(8-5-13)27-19(21)22/h4-10,12,19H,11H2,1-3H3,(H,23,25). The van der Waals surface area contributed by atoms with Crippen LogP contribution in [0.15, 0.2) is 42.5 Å². The Bertz CT molecular complexity index is 772. The highest BCUT2D eigenvalue weighted by atomic mass is 35.5. The molecule has 27 heavy (non-hydrogen) atoms. The molecule has 0 spiro atoms. The van der Waals surface area contributed by atoms with E-state index in [-0.39, 0.29) is 11.7 Å². The quantitative estimate of drug-likeness (QED) is 0.715. The molecule has 0 aliphatic rings. The zero-order valence-corrected chi connectivity index (χ0v) is 16.0. The molecule has 0 fully saturated rings. The van der Waals surface area contributed by atoms with Crippen LogP contribution in [0.5, 0.6) is 11.5 Å². The molecule has 1 N–H and O–H groups in total. The summed E-state index contributed by atoms with van der Waals surface area (Å²) in [5.41, 5.74) is 1.44. The monoisotopic (exact) mass is 398 g/mol. The largest absolute Gasteiger partial charge is 0.495 e. The predicted octanol–water partition coefficient (Wildman–Crippen LogP) is 4.41. The highest BCUT2D eigenvalue weighted by Crippen LogP contribution is 2.27. The summed E-state index contributed by atoms with van der Waals surface area (Å²) in [6, 6.07) is 10.9. The van der Waals surface area contributed by atoms with Crippen molar-refractivity contribution in [3.63, 3.8) is 0 Å². The summed E-state index contributed by atoms with van der Waals surface area (Å²) in [6.07, 6.45) is 0. The Labute approximate surface area is 161 Å². The Kier molecular flexibility index (Phi) is 7.38. The highest BCUT2D eigenvalue weighted by Gasteiger charge is 2.19. The first-order chi connectivity index (χ1) is 12.8. The Hall–Kier alpha value is -2.38. The number of rotatable bonds is 8. The van der Waals surface area contributed by atoms with Gasteiger partial charge in [-0.2, -0.15) is 8.78 Å². The molecule has 0 aromatic heterocycles. The Morgan fingerprint density at radius 1 is 1.22 bits per heavy atom. The number of carbonyl (C=O) groups excluding carboxylic acids is 1. The van der Waals surface area contributed by atoms with Crippen LogP contribution in [0.1, 0.15) is 12.5 Å². The number of hydrogen-bond acceptors (Lipinski definition) is 4. The second-order valence-electron chi connectivity index (χ2n) is 5.95. The molecule has 1 unspecified atom stereocenters. The van der Waals surface area contributed by atoms with Gasteiger partial charge in [0.1, 0.15) is 11.5 Å². The molecule has 1 atom stereocenters. The van der Waals surface area contributed by atoms with E-state index in [0.717, 1.165) is 5.56 Å². The van der Waals surface area contributed by atoms with Crippen molar-refractivity contribution in [3.8, 4) is 11.5 Å². The summed E-state index contributed by atoms with van der Waals surface area (Å²) in [7, 11) is 3.32. The van der Waals surface area contributed by atoms with Gasteiger partial charge in [0.2, 0.25) is 5.91 Å². The number of benzene rings is 2. The number of carbonyl (C=O) groups is 1. The third-order valence-electron chi connectivity index (χ3n) is 4.04. The molecule has 8 heteroatoms.